The number of rotatable bonds is 6. The Morgan fingerprint density at radius 2 is 2.14 bits per heavy atom. The molecular weight excluding hydrogens is 462 g/mol. The zero-order chi connectivity index (χ0) is 24.7. The van der Waals surface area contributed by atoms with E-state index in [4.69, 9.17) is 15.6 Å². The van der Waals surface area contributed by atoms with Gasteiger partial charge in [-0.05, 0) is 50.5 Å². The summed E-state index contributed by atoms with van der Waals surface area (Å²) in [5, 5.41) is 6.84. The molecule has 9 nitrogen and oxygen atoms in total. The molecule has 1 aromatic carbocycles. The number of hydrogen-bond donors (Lipinski definition) is 1. The summed E-state index contributed by atoms with van der Waals surface area (Å²) in [7, 11) is 5.64. The first-order valence-electron chi connectivity index (χ1n) is 11.5. The van der Waals surface area contributed by atoms with Gasteiger partial charge in [0.15, 0.2) is 5.65 Å². The zero-order valence-corrected chi connectivity index (χ0v) is 21.2. The van der Waals surface area contributed by atoms with Gasteiger partial charge in [-0.15, -0.1) is 11.3 Å². The van der Waals surface area contributed by atoms with Crippen LogP contribution in [0.5, 0.6) is 5.75 Å². The third kappa shape index (κ3) is 4.35. The van der Waals surface area contributed by atoms with Crippen LogP contribution in [0.15, 0.2) is 36.7 Å². The van der Waals surface area contributed by atoms with Crippen LogP contribution in [0.1, 0.15) is 18.0 Å². The van der Waals surface area contributed by atoms with E-state index in [0.29, 0.717) is 24.6 Å². The maximum absolute atomic E-state index is 12.7. The summed E-state index contributed by atoms with van der Waals surface area (Å²) in [6, 6.07) is 6.31. The van der Waals surface area contributed by atoms with Crippen molar-refractivity contribution in [3.8, 4) is 16.3 Å². The van der Waals surface area contributed by atoms with E-state index in [1.165, 1.54) is 6.33 Å². The van der Waals surface area contributed by atoms with Gasteiger partial charge in [0.25, 0.3) is 0 Å². The van der Waals surface area contributed by atoms with E-state index >= 15 is 0 Å². The average Bonchev–Trinajstić information content (AvgIpc) is 3.54. The van der Waals surface area contributed by atoms with Crippen LogP contribution >= 0.6 is 11.3 Å². The Labute approximate surface area is 207 Å². The van der Waals surface area contributed by atoms with Crippen molar-refractivity contribution in [3.05, 3.63) is 42.2 Å². The molecule has 4 heterocycles. The third-order valence-electron chi connectivity index (χ3n) is 6.25. The summed E-state index contributed by atoms with van der Waals surface area (Å²) in [5.74, 6) is 1.26. The van der Waals surface area contributed by atoms with E-state index in [1.807, 2.05) is 40.7 Å². The number of nitrogens with zero attached hydrogens (tertiary/aromatic N) is 6. The standard InChI is InChI=1S/C25H29N7O2S/c1-15-10-16-12-19(35-23(16)18(11-15)34-4)22-21-24(26)27-14-28-25(21)32(29-22)17-7-9-31(13-17)20(33)6-5-8-30(2)3/h5-6,10-12,14,17H,7-9,13H2,1-4H3,(H2,26,27,28)/b6-5+/t17-/m0/s1. The number of anilines is 1. The summed E-state index contributed by atoms with van der Waals surface area (Å²) in [5.41, 5.74) is 8.91. The zero-order valence-electron chi connectivity index (χ0n) is 20.4. The van der Waals surface area contributed by atoms with Crippen molar-refractivity contribution >= 4 is 44.2 Å². The monoisotopic (exact) mass is 491 g/mol. The first-order valence-corrected chi connectivity index (χ1v) is 12.3. The number of likely N-dealkylation sites (tertiary alicyclic amines) is 1. The SMILES string of the molecule is COc1cc(C)cc2cc(-c3nn([C@H]4CCN(C(=O)/C=C/CN(C)C)C4)c4ncnc(N)c34)sc12. The van der Waals surface area contributed by atoms with Crippen LogP contribution in [-0.2, 0) is 4.79 Å². The van der Waals surface area contributed by atoms with Crippen LogP contribution < -0.4 is 10.5 Å². The minimum absolute atomic E-state index is 0.0120. The highest BCUT2D eigenvalue weighted by Gasteiger charge is 2.30. The van der Waals surface area contributed by atoms with Crippen molar-refractivity contribution < 1.29 is 9.53 Å². The second-order valence-electron chi connectivity index (χ2n) is 9.14. The number of nitrogen functional groups attached to an aromatic ring is 1. The lowest BCUT2D eigenvalue weighted by atomic mass is 10.1. The molecule has 0 saturated carbocycles. The molecule has 35 heavy (non-hydrogen) atoms. The Morgan fingerprint density at radius 1 is 1.31 bits per heavy atom. The molecule has 1 aliphatic rings. The minimum atomic E-state index is 0.0120. The lowest BCUT2D eigenvalue weighted by Crippen LogP contribution is -2.28. The summed E-state index contributed by atoms with van der Waals surface area (Å²) in [4.78, 5) is 26.3. The Morgan fingerprint density at radius 3 is 2.91 bits per heavy atom. The number of aromatic nitrogens is 4. The van der Waals surface area contributed by atoms with Gasteiger partial charge in [0.2, 0.25) is 5.91 Å². The summed E-state index contributed by atoms with van der Waals surface area (Å²) < 4.78 is 8.61. The maximum atomic E-state index is 12.7. The molecule has 182 valence electrons. The fraction of sp³-hybridized carbons (Fsp3) is 0.360. The molecule has 0 aliphatic carbocycles. The topological polar surface area (TPSA) is 102 Å². The molecule has 1 atom stereocenters. The molecule has 2 N–H and O–H groups in total. The maximum Gasteiger partial charge on any atom is 0.246 e. The first-order chi connectivity index (χ1) is 16.9. The molecule has 0 bridgehead atoms. The Hall–Kier alpha value is -3.50. The number of likely N-dealkylation sites (N-methyl/N-ethyl adjacent to an activating group) is 1. The third-order valence-corrected chi connectivity index (χ3v) is 7.42. The lowest BCUT2D eigenvalue weighted by Gasteiger charge is -2.15. The van der Waals surface area contributed by atoms with E-state index in [2.05, 4.69) is 29.0 Å². The first kappa shape index (κ1) is 23.3. The van der Waals surface area contributed by atoms with E-state index in [1.54, 1.807) is 24.5 Å². The van der Waals surface area contributed by atoms with Crippen LogP contribution in [-0.4, -0.2) is 76.3 Å². The van der Waals surface area contributed by atoms with Gasteiger partial charge in [0.1, 0.15) is 23.6 Å². The van der Waals surface area contributed by atoms with Gasteiger partial charge in [0, 0.05) is 25.7 Å². The number of nitrogens with two attached hydrogens (primary N) is 1. The fourth-order valence-corrected chi connectivity index (χ4v) is 5.69. The molecule has 1 fully saturated rings. The van der Waals surface area contributed by atoms with E-state index in [-0.39, 0.29) is 11.9 Å². The molecule has 0 unspecified atom stereocenters. The molecule has 10 heteroatoms. The smallest absolute Gasteiger partial charge is 0.246 e. The van der Waals surface area contributed by atoms with Crippen LogP contribution in [0.2, 0.25) is 0 Å². The van der Waals surface area contributed by atoms with E-state index in [9.17, 15) is 4.79 Å². The van der Waals surface area contributed by atoms with Gasteiger partial charge in [0.05, 0.1) is 28.1 Å². The van der Waals surface area contributed by atoms with Gasteiger partial charge in [-0.2, -0.15) is 5.10 Å². The van der Waals surface area contributed by atoms with E-state index in [0.717, 1.165) is 50.3 Å². The Bertz CT molecular complexity index is 1440. The number of hydrogen-bond acceptors (Lipinski definition) is 8. The molecule has 1 saturated heterocycles. The second kappa shape index (κ2) is 9.27. The number of ether oxygens (including phenoxy) is 1. The van der Waals surface area contributed by atoms with Crippen molar-refractivity contribution in [2.75, 3.05) is 46.6 Å². The number of fused-ring (bicyclic) bond motifs is 2. The molecule has 3 aromatic heterocycles. The van der Waals surface area contributed by atoms with Gasteiger partial charge < -0.3 is 20.3 Å². The number of thiophene rings is 1. The molecule has 4 aromatic rings. The molecule has 1 amide bonds. The predicted molar refractivity (Wildman–Crippen MR) is 140 cm³/mol. The van der Waals surface area contributed by atoms with Crippen molar-refractivity contribution in [2.24, 2.45) is 0 Å². The number of carbonyl (C=O) groups excluding carboxylic acids is 1. The minimum Gasteiger partial charge on any atom is -0.495 e. The van der Waals surface area contributed by atoms with Crippen LogP contribution in [0.25, 0.3) is 31.7 Å². The fourth-order valence-electron chi connectivity index (χ4n) is 4.57. The molecule has 0 radical (unpaired) electrons. The molecule has 0 spiro atoms. The Kier molecular flexibility index (Phi) is 6.16. The molecule has 1 aliphatic heterocycles. The normalized spacial score (nSPS) is 16.4. The highest BCUT2D eigenvalue weighted by molar-refractivity contribution is 7.22. The van der Waals surface area contributed by atoms with E-state index < -0.39 is 0 Å². The summed E-state index contributed by atoms with van der Waals surface area (Å²) in [6.45, 7) is 4.03. The van der Waals surface area contributed by atoms with Gasteiger partial charge in [-0.1, -0.05) is 12.1 Å². The van der Waals surface area contributed by atoms with Crippen molar-refractivity contribution in [1.82, 2.24) is 29.5 Å². The van der Waals surface area contributed by atoms with Crippen LogP contribution in [0.3, 0.4) is 0 Å². The highest BCUT2D eigenvalue weighted by atomic mass is 32.1. The molecule has 5 rings (SSSR count). The number of carbonyl (C=O) groups is 1. The van der Waals surface area contributed by atoms with Crippen molar-refractivity contribution in [2.45, 2.75) is 19.4 Å². The summed E-state index contributed by atoms with van der Waals surface area (Å²) >= 11 is 1.62. The Balaban J connectivity index is 1.52. The van der Waals surface area contributed by atoms with Gasteiger partial charge in [-0.25, -0.2) is 14.6 Å². The number of methoxy groups -OCH3 is 1. The second-order valence-corrected chi connectivity index (χ2v) is 10.2. The average molecular weight is 492 g/mol. The predicted octanol–water partition coefficient (Wildman–Crippen LogP) is 3.50. The number of amides is 1. The highest BCUT2D eigenvalue weighted by Crippen LogP contribution is 2.42. The van der Waals surface area contributed by atoms with Gasteiger partial charge in [-0.3, -0.25) is 4.79 Å². The lowest BCUT2D eigenvalue weighted by molar-refractivity contribution is -0.125. The number of benzene rings is 1. The van der Waals surface area contributed by atoms with Crippen LogP contribution in [0.4, 0.5) is 5.82 Å². The summed E-state index contributed by atoms with van der Waals surface area (Å²) in [6.07, 6.45) is 5.82. The largest absolute Gasteiger partial charge is 0.495 e. The molecular formula is C25H29N7O2S. The van der Waals surface area contributed by atoms with Gasteiger partial charge >= 0.3 is 0 Å². The van der Waals surface area contributed by atoms with Crippen molar-refractivity contribution in [3.63, 3.8) is 0 Å². The quantitative estimate of drug-likeness (QED) is 0.412. The van der Waals surface area contributed by atoms with Crippen LogP contribution in [0, 0.1) is 6.92 Å². The van der Waals surface area contributed by atoms with Crippen molar-refractivity contribution in [1.29, 1.82) is 0 Å². The number of aryl methyl sites for hydroxylation is 1.